The van der Waals surface area contributed by atoms with Crippen molar-refractivity contribution < 1.29 is 8.91 Å². The average Bonchev–Trinajstić information content (AvgIpc) is 2.90. The van der Waals surface area contributed by atoms with Gasteiger partial charge in [0.2, 0.25) is 0 Å². The van der Waals surface area contributed by atoms with Gasteiger partial charge in [0.25, 0.3) is 5.89 Å². The van der Waals surface area contributed by atoms with E-state index in [9.17, 15) is 4.39 Å². The highest BCUT2D eigenvalue weighted by molar-refractivity contribution is 5.57. The summed E-state index contributed by atoms with van der Waals surface area (Å²) in [6.07, 6.45) is 0.572. The molecule has 0 spiro atoms. The van der Waals surface area contributed by atoms with E-state index in [0.717, 1.165) is 5.56 Å². The molecule has 0 bridgehead atoms. The van der Waals surface area contributed by atoms with Crippen LogP contribution < -0.4 is 5.73 Å². The largest absolute Gasteiger partial charge is 0.396 e. The van der Waals surface area contributed by atoms with Crippen molar-refractivity contribution in [1.29, 1.82) is 0 Å². The first-order chi connectivity index (χ1) is 10.1. The number of halogens is 1. The van der Waals surface area contributed by atoms with Crippen LogP contribution in [-0.2, 0) is 6.42 Å². The summed E-state index contributed by atoms with van der Waals surface area (Å²) in [6, 6.07) is 12.5. The van der Waals surface area contributed by atoms with Crippen molar-refractivity contribution in [3.63, 3.8) is 0 Å². The number of hydrogen-bond donors (Lipinski definition) is 1. The number of benzene rings is 2. The van der Waals surface area contributed by atoms with Crippen LogP contribution in [0.3, 0.4) is 0 Å². The molecule has 3 rings (SSSR count). The molecule has 0 aliphatic rings. The summed E-state index contributed by atoms with van der Waals surface area (Å²) >= 11 is 0. The second kappa shape index (κ2) is 5.36. The molecule has 1 heterocycles. The SMILES string of the molecule is Cc1cccc(Cc2noc(-c3ccc(N)c(F)c3)n2)c1. The Kier molecular flexibility index (Phi) is 3.39. The van der Waals surface area contributed by atoms with Gasteiger partial charge in [0, 0.05) is 12.0 Å². The highest BCUT2D eigenvalue weighted by Crippen LogP contribution is 2.22. The Labute approximate surface area is 121 Å². The second-order valence-corrected chi connectivity index (χ2v) is 4.92. The molecule has 0 atom stereocenters. The number of nitrogens with two attached hydrogens (primary N) is 1. The van der Waals surface area contributed by atoms with E-state index < -0.39 is 5.82 Å². The topological polar surface area (TPSA) is 64.9 Å². The molecule has 4 nitrogen and oxygen atoms in total. The molecule has 0 radical (unpaired) electrons. The van der Waals surface area contributed by atoms with Crippen molar-refractivity contribution in [2.75, 3.05) is 5.73 Å². The monoisotopic (exact) mass is 283 g/mol. The predicted octanol–water partition coefficient (Wildman–Crippen LogP) is 3.36. The molecule has 106 valence electrons. The number of nitrogens with zero attached hydrogens (tertiary/aromatic N) is 2. The Bertz CT molecular complexity index is 783. The Morgan fingerprint density at radius 1 is 1.19 bits per heavy atom. The number of nitrogen functional groups attached to an aromatic ring is 1. The summed E-state index contributed by atoms with van der Waals surface area (Å²) in [5.74, 6) is 0.357. The maximum absolute atomic E-state index is 13.4. The minimum atomic E-state index is -0.495. The molecule has 2 aromatic carbocycles. The summed E-state index contributed by atoms with van der Waals surface area (Å²) in [5.41, 5.74) is 8.34. The molecule has 0 aliphatic heterocycles. The van der Waals surface area contributed by atoms with Crippen LogP contribution >= 0.6 is 0 Å². The quantitative estimate of drug-likeness (QED) is 0.748. The average molecular weight is 283 g/mol. The molecule has 3 aromatic rings. The number of hydrogen-bond acceptors (Lipinski definition) is 4. The molecule has 0 aliphatic carbocycles. The first-order valence-electron chi connectivity index (χ1n) is 6.55. The minimum Gasteiger partial charge on any atom is -0.396 e. The zero-order valence-electron chi connectivity index (χ0n) is 11.5. The molecule has 0 saturated heterocycles. The van der Waals surface area contributed by atoms with E-state index >= 15 is 0 Å². The van der Waals surface area contributed by atoms with Crippen LogP contribution in [-0.4, -0.2) is 10.1 Å². The summed E-state index contributed by atoms with van der Waals surface area (Å²) in [4.78, 5) is 4.29. The van der Waals surface area contributed by atoms with Gasteiger partial charge in [-0.1, -0.05) is 35.0 Å². The lowest BCUT2D eigenvalue weighted by Crippen LogP contribution is -1.92. The summed E-state index contributed by atoms with van der Waals surface area (Å²) in [5, 5.41) is 3.93. The fourth-order valence-corrected chi connectivity index (χ4v) is 2.11. The van der Waals surface area contributed by atoms with Crippen molar-refractivity contribution in [3.05, 3.63) is 65.2 Å². The van der Waals surface area contributed by atoms with Crippen molar-refractivity contribution in [2.24, 2.45) is 0 Å². The highest BCUT2D eigenvalue weighted by Gasteiger charge is 2.11. The van der Waals surface area contributed by atoms with Gasteiger partial charge in [-0.15, -0.1) is 0 Å². The van der Waals surface area contributed by atoms with Gasteiger partial charge in [-0.25, -0.2) is 4.39 Å². The summed E-state index contributed by atoms with van der Waals surface area (Å²) in [7, 11) is 0. The second-order valence-electron chi connectivity index (χ2n) is 4.92. The molecule has 1 aromatic heterocycles. The molecule has 0 amide bonds. The third kappa shape index (κ3) is 2.91. The third-order valence-electron chi connectivity index (χ3n) is 3.16. The minimum absolute atomic E-state index is 0.0956. The van der Waals surface area contributed by atoms with Gasteiger partial charge in [-0.2, -0.15) is 4.98 Å². The first-order valence-corrected chi connectivity index (χ1v) is 6.55. The molecule has 0 fully saturated rings. The van der Waals surface area contributed by atoms with Gasteiger partial charge in [-0.3, -0.25) is 0 Å². The fourth-order valence-electron chi connectivity index (χ4n) is 2.11. The fraction of sp³-hybridized carbons (Fsp3) is 0.125. The number of aromatic nitrogens is 2. The lowest BCUT2D eigenvalue weighted by molar-refractivity contribution is 0.423. The van der Waals surface area contributed by atoms with Crippen LogP contribution in [0.2, 0.25) is 0 Å². The molecule has 2 N–H and O–H groups in total. The van der Waals surface area contributed by atoms with E-state index in [1.807, 2.05) is 25.1 Å². The Hall–Kier alpha value is -2.69. The van der Waals surface area contributed by atoms with Crippen LogP contribution in [0.4, 0.5) is 10.1 Å². The zero-order valence-corrected chi connectivity index (χ0v) is 11.5. The van der Waals surface area contributed by atoms with Crippen molar-refractivity contribution in [2.45, 2.75) is 13.3 Å². The summed E-state index contributed by atoms with van der Waals surface area (Å²) < 4.78 is 18.6. The van der Waals surface area contributed by atoms with E-state index in [0.29, 0.717) is 17.8 Å². The van der Waals surface area contributed by atoms with Gasteiger partial charge in [0.15, 0.2) is 5.82 Å². The predicted molar refractivity (Wildman–Crippen MR) is 78.1 cm³/mol. The van der Waals surface area contributed by atoms with E-state index in [1.165, 1.54) is 17.7 Å². The first kappa shape index (κ1) is 13.3. The lowest BCUT2D eigenvalue weighted by atomic mass is 10.1. The number of rotatable bonds is 3. The van der Waals surface area contributed by atoms with Gasteiger partial charge in [-0.05, 0) is 30.7 Å². The molecule has 5 heteroatoms. The molecule has 0 saturated carbocycles. The lowest BCUT2D eigenvalue weighted by Gasteiger charge is -1.98. The zero-order chi connectivity index (χ0) is 14.8. The Morgan fingerprint density at radius 2 is 2.05 bits per heavy atom. The maximum Gasteiger partial charge on any atom is 0.258 e. The Balaban J connectivity index is 1.84. The molecule has 21 heavy (non-hydrogen) atoms. The normalized spacial score (nSPS) is 10.8. The maximum atomic E-state index is 13.4. The van der Waals surface area contributed by atoms with Gasteiger partial charge in [0.1, 0.15) is 5.82 Å². The van der Waals surface area contributed by atoms with E-state index in [4.69, 9.17) is 10.3 Å². The van der Waals surface area contributed by atoms with Crippen molar-refractivity contribution >= 4 is 5.69 Å². The van der Waals surface area contributed by atoms with Crippen LogP contribution in [0.15, 0.2) is 47.0 Å². The Morgan fingerprint density at radius 3 is 2.81 bits per heavy atom. The van der Waals surface area contributed by atoms with E-state index in [1.54, 1.807) is 6.07 Å². The molecule has 0 unspecified atom stereocenters. The van der Waals surface area contributed by atoms with Crippen molar-refractivity contribution in [1.82, 2.24) is 10.1 Å². The molecular weight excluding hydrogens is 269 g/mol. The number of anilines is 1. The summed E-state index contributed by atoms with van der Waals surface area (Å²) in [6.45, 7) is 2.03. The van der Waals surface area contributed by atoms with Crippen LogP contribution in [0.25, 0.3) is 11.5 Å². The standard InChI is InChI=1S/C16H14FN3O/c1-10-3-2-4-11(7-10)8-15-19-16(21-20-15)12-5-6-14(18)13(17)9-12/h2-7,9H,8,18H2,1H3. The van der Waals surface area contributed by atoms with Gasteiger partial charge < -0.3 is 10.3 Å². The smallest absolute Gasteiger partial charge is 0.258 e. The van der Waals surface area contributed by atoms with Crippen LogP contribution in [0.5, 0.6) is 0 Å². The van der Waals surface area contributed by atoms with Crippen LogP contribution in [0, 0.1) is 12.7 Å². The third-order valence-corrected chi connectivity index (χ3v) is 3.16. The number of aryl methyl sites for hydroxylation is 1. The van der Waals surface area contributed by atoms with Gasteiger partial charge >= 0.3 is 0 Å². The van der Waals surface area contributed by atoms with Crippen molar-refractivity contribution in [3.8, 4) is 11.5 Å². The van der Waals surface area contributed by atoms with E-state index in [2.05, 4.69) is 16.2 Å². The molecular formula is C16H14FN3O. The van der Waals surface area contributed by atoms with Crippen LogP contribution in [0.1, 0.15) is 17.0 Å². The highest BCUT2D eigenvalue weighted by atomic mass is 19.1. The van der Waals surface area contributed by atoms with E-state index in [-0.39, 0.29) is 11.6 Å². The van der Waals surface area contributed by atoms with Gasteiger partial charge in [0.05, 0.1) is 5.69 Å².